The fourth-order valence-electron chi connectivity index (χ4n) is 4.53. The van der Waals surface area contributed by atoms with E-state index in [0.29, 0.717) is 11.1 Å². The summed E-state index contributed by atoms with van der Waals surface area (Å²) in [6.07, 6.45) is -4.60. The summed E-state index contributed by atoms with van der Waals surface area (Å²) >= 11 is 0. The average molecular weight is 535 g/mol. The van der Waals surface area contributed by atoms with Crippen molar-refractivity contribution >= 4 is 0 Å². The molecule has 2 aliphatic heterocycles. The zero-order chi connectivity index (χ0) is 26.6. The zero-order valence-corrected chi connectivity index (χ0v) is 20.4. The molecule has 5 rings (SSSR count). The standard InChI is InChI=1S/C28H26F4O6/c1-33-28-26(35-14-17-8-10-20(30)22(32)12-17)25(34-13-16-7-9-19(29)21(31)11-16)24-23(37-28)15-36-27(38-24)18-5-3-2-4-6-18/h2-12,23-28H,13-15H2,1H3/t23-,24-,25+,26-,27?,28+/m1/s1. The highest BCUT2D eigenvalue weighted by atomic mass is 19.2. The lowest BCUT2D eigenvalue weighted by Crippen LogP contribution is -2.63. The van der Waals surface area contributed by atoms with Crippen LogP contribution < -0.4 is 0 Å². The molecule has 202 valence electrons. The van der Waals surface area contributed by atoms with Gasteiger partial charge in [-0.3, -0.25) is 0 Å². The Morgan fingerprint density at radius 3 is 1.92 bits per heavy atom. The lowest BCUT2D eigenvalue weighted by molar-refractivity contribution is -0.369. The van der Waals surface area contributed by atoms with Gasteiger partial charge in [-0.15, -0.1) is 0 Å². The second-order valence-corrected chi connectivity index (χ2v) is 9.00. The van der Waals surface area contributed by atoms with Crippen molar-refractivity contribution in [2.75, 3.05) is 13.7 Å². The molecule has 6 atom stereocenters. The second-order valence-electron chi connectivity index (χ2n) is 9.00. The second kappa shape index (κ2) is 11.9. The van der Waals surface area contributed by atoms with E-state index in [1.54, 1.807) is 0 Å². The Morgan fingerprint density at radius 1 is 0.737 bits per heavy atom. The Labute approximate surface area is 217 Å². The molecule has 2 heterocycles. The Hall–Kier alpha value is -2.86. The van der Waals surface area contributed by atoms with Crippen molar-refractivity contribution in [3.8, 4) is 0 Å². The highest BCUT2D eigenvalue weighted by molar-refractivity contribution is 5.19. The van der Waals surface area contributed by atoms with Crippen molar-refractivity contribution in [1.29, 1.82) is 0 Å². The molecule has 2 aliphatic rings. The third-order valence-electron chi connectivity index (χ3n) is 6.44. The molecule has 3 aromatic rings. The Balaban J connectivity index is 1.40. The first kappa shape index (κ1) is 26.7. The average Bonchev–Trinajstić information content (AvgIpc) is 2.94. The van der Waals surface area contributed by atoms with E-state index in [1.165, 1.54) is 19.2 Å². The molecule has 1 unspecified atom stereocenters. The molecule has 0 aliphatic carbocycles. The highest BCUT2D eigenvalue weighted by Gasteiger charge is 2.51. The normalized spacial score (nSPS) is 27.2. The number of methoxy groups -OCH3 is 1. The highest BCUT2D eigenvalue weighted by Crippen LogP contribution is 2.37. The summed E-state index contributed by atoms with van der Waals surface area (Å²) in [5, 5.41) is 0. The Bertz CT molecular complexity index is 1230. The summed E-state index contributed by atoms with van der Waals surface area (Å²) in [7, 11) is 1.43. The van der Waals surface area contributed by atoms with Crippen LogP contribution in [-0.2, 0) is 41.6 Å². The topological polar surface area (TPSA) is 55.4 Å². The molecule has 38 heavy (non-hydrogen) atoms. The van der Waals surface area contributed by atoms with Crippen LogP contribution in [0.25, 0.3) is 0 Å². The fourth-order valence-corrected chi connectivity index (χ4v) is 4.53. The van der Waals surface area contributed by atoms with Gasteiger partial charge in [0, 0.05) is 12.7 Å². The first-order valence-electron chi connectivity index (χ1n) is 12.0. The molecule has 6 nitrogen and oxygen atoms in total. The van der Waals surface area contributed by atoms with Crippen LogP contribution in [-0.4, -0.2) is 44.4 Å². The minimum absolute atomic E-state index is 0.0905. The maximum Gasteiger partial charge on any atom is 0.186 e. The van der Waals surface area contributed by atoms with Crippen molar-refractivity contribution in [1.82, 2.24) is 0 Å². The zero-order valence-electron chi connectivity index (χ0n) is 20.4. The van der Waals surface area contributed by atoms with Gasteiger partial charge in [0.15, 0.2) is 35.8 Å². The third kappa shape index (κ3) is 5.90. The minimum atomic E-state index is -1.00. The molecule has 2 fully saturated rings. The first-order chi connectivity index (χ1) is 18.4. The van der Waals surface area contributed by atoms with E-state index in [0.717, 1.165) is 29.8 Å². The lowest BCUT2D eigenvalue weighted by atomic mass is 9.97. The smallest absolute Gasteiger partial charge is 0.186 e. The summed E-state index contributed by atoms with van der Waals surface area (Å²) in [6, 6.07) is 16.3. The van der Waals surface area contributed by atoms with E-state index >= 15 is 0 Å². The number of hydrogen-bond donors (Lipinski definition) is 0. The summed E-state index contributed by atoms with van der Waals surface area (Å²) in [5.74, 6) is -3.93. The van der Waals surface area contributed by atoms with Crippen LogP contribution in [0.15, 0.2) is 66.7 Å². The minimum Gasteiger partial charge on any atom is -0.368 e. The molecular formula is C28H26F4O6. The molecule has 10 heteroatoms. The van der Waals surface area contributed by atoms with Crippen LogP contribution in [0.5, 0.6) is 0 Å². The summed E-state index contributed by atoms with van der Waals surface area (Å²) in [4.78, 5) is 0. The monoisotopic (exact) mass is 534 g/mol. The van der Waals surface area contributed by atoms with E-state index in [2.05, 4.69) is 0 Å². The van der Waals surface area contributed by atoms with E-state index < -0.39 is 60.3 Å². The van der Waals surface area contributed by atoms with Gasteiger partial charge in [-0.05, 0) is 35.4 Å². The van der Waals surface area contributed by atoms with Crippen molar-refractivity contribution in [2.45, 2.75) is 50.2 Å². The van der Waals surface area contributed by atoms with Crippen LogP contribution in [0.1, 0.15) is 23.0 Å². The Kier molecular flexibility index (Phi) is 8.37. The molecule has 2 saturated heterocycles. The van der Waals surface area contributed by atoms with Gasteiger partial charge in [-0.1, -0.05) is 42.5 Å². The van der Waals surface area contributed by atoms with E-state index in [9.17, 15) is 17.6 Å². The molecular weight excluding hydrogens is 508 g/mol. The lowest BCUT2D eigenvalue weighted by Gasteiger charge is -2.48. The van der Waals surface area contributed by atoms with Crippen LogP contribution in [0.4, 0.5) is 17.6 Å². The van der Waals surface area contributed by atoms with Crippen molar-refractivity contribution in [3.05, 3.63) is 107 Å². The fraction of sp³-hybridized carbons (Fsp3) is 0.357. The van der Waals surface area contributed by atoms with Gasteiger partial charge in [0.05, 0.1) is 19.8 Å². The first-order valence-corrected chi connectivity index (χ1v) is 12.0. The largest absolute Gasteiger partial charge is 0.368 e. The number of rotatable bonds is 8. The van der Waals surface area contributed by atoms with E-state index in [-0.39, 0.29) is 19.8 Å². The van der Waals surface area contributed by atoms with Crippen molar-refractivity contribution in [3.63, 3.8) is 0 Å². The van der Waals surface area contributed by atoms with Gasteiger partial charge in [-0.2, -0.15) is 0 Å². The number of halogens is 4. The summed E-state index contributed by atoms with van der Waals surface area (Å²) in [5.41, 5.74) is 1.57. The maximum absolute atomic E-state index is 13.8. The van der Waals surface area contributed by atoms with Crippen LogP contribution in [0.2, 0.25) is 0 Å². The van der Waals surface area contributed by atoms with Gasteiger partial charge in [0.25, 0.3) is 0 Å². The molecule has 0 bridgehead atoms. The number of hydrogen-bond acceptors (Lipinski definition) is 6. The van der Waals surface area contributed by atoms with Gasteiger partial charge in [0.1, 0.15) is 24.4 Å². The van der Waals surface area contributed by atoms with Gasteiger partial charge >= 0.3 is 0 Å². The molecule has 0 spiro atoms. The summed E-state index contributed by atoms with van der Waals surface area (Å²) < 4.78 is 90.5. The number of ether oxygens (including phenoxy) is 6. The molecule has 0 saturated carbocycles. The van der Waals surface area contributed by atoms with E-state index in [1.807, 2.05) is 30.3 Å². The van der Waals surface area contributed by atoms with Gasteiger partial charge in [-0.25, -0.2) is 17.6 Å². The SMILES string of the molecule is CO[C@H]1O[C@@H]2COC(c3ccccc3)O[C@H]2[C@H](OCc2ccc(F)c(F)c2)[C@H]1OCc1ccc(F)c(F)c1. The Morgan fingerprint density at radius 2 is 1.34 bits per heavy atom. The van der Waals surface area contributed by atoms with E-state index in [4.69, 9.17) is 28.4 Å². The van der Waals surface area contributed by atoms with Crippen LogP contribution >= 0.6 is 0 Å². The molecule has 0 aromatic heterocycles. The van der Waals surface area contributed by atoms with Crippen LogP contribution in [0.3, 0.4) is 0 Å². The third-order valence-corrected chi connectivity index (χ3v) is 6.44. The van der Waals surface area contributed by atoms with Crippen molar-refractivity contribution in [2.24, 2.45) is 0 Å². The predicted octanol–water partition coefficient (Wildman–Crippen LogP) is 5.20. The van der Waals surface area contributed by atoms with Crippen molar-refractivity contribution < 1.29 is 46.0 Å². The predicted molar refractivity (Wildman–Crippen MR) is 126 cm³/mol. The molecule has 0 N–H and O–H groups in total. The molecule has 0 amide bonds. The maximum atomic E-state index is 13.8. The summed E-state index contributed by atoms with van der Waals surface area (Å²) in [6.45, 7) is -0.0239. The van der Waals surface area contributed by atoms with Gasteiger partial charge in [0.2, 0.25) is 0 Å². The number of fused-ring (bicyclic) bond motifs is 1. The van der Waals surface area contributed by atoms with Crippen LogP contribution in [0, 0.1) is 23.3 Å². The molecule has 3 aromatic carbocycles. The van der Waals surface area contributed by atoms with Gasteiger partial charge < -0.3 is 28.4 Å². The number of benzene rings is 3. The molecule has 0 radical (unpaired) electrons. The quantitative estimate of drug-likeness (QED) is 0.371.